The van der Waals surface area contributed by atoms with Gasteiger partial charge in [0, 0.05) is 30.5 Å². The van der Waals surface area contributed by atoms with E-state index in [0.29, 0.717) is 12.1 Å². The number of oxime groups is 1. The highest BCUT2D eigenvalue weighted by atomic mass is 19.1. The number of rotatable bonds is 3. The Bertz CT molecular complexity index is 895. The van der Waals surface area contributed by atoms with Crippen LogP contribution in [0.5, 0.6) is 0 Å². The van der Waals surface area contributed by atoms with Crippen molar-refractivity contribution in [2.24, 2.45) is 5.16 Å². The first-order valence-corrected chi connectivity index (χ1v) is 8.22. The van der Waals surface area contributed by atoms with Gasteiger partial charge in [0.1, 0.15) is 17.5 Å². The SMILES string of the molecule is O=C1N(Cc2c(F)cccc2F)CCC12CC(c1ccccc1F)=NO2. The molecule has 1 spiro atoms. The number of hydrogen-bond donors (Lipinski definition) is 0. The van der Waals surface area contributed by atoms with E-state index in [4.69, 9.17) is 4.84 Å². The van der Waals surface area contributed by atoms with Crippen LogP contribution < -0.4 is 0 Å². The summed E-state index contributed by atoms with van der Waals surface area (Å²) in [6.07, 6.45) is 0.451. The van der Waals surface area contributed by atoms with E-state index in [0.717, 1.165) is 12.1 Å². The summed E-state index contributed by atoms with van der Waals surface area (Å²) in [5.74, 6) is -2.23. The van der Waals surface area contributed by atoms with Crippen molar-refractivity contribution >= 4 is 11.6 Å². The van der Waals surface area contributed by atoms with E-state index in [-0.39, 0.29) is 30.6 Å². The van der Waals surface area contributed by atoms with Crippen molar-refractivity contribution in [1.29, 1.82) is 0 Å². The van der Waals surface area contributed by atoms with Crippen LogP contribution in [0.15, 0.2) is 47.6 Å². The minimum absolute atomic E-state index is 0.128. The maximum Gasteiger partial charge on any atom is 0.270 e. The summed E-state index contributed by atoms with van der Waals surface area (Å²) in [6, 6.07) is 9.71. The van der Waals surface area contributed by atoms with Gasteiger partial charge >= 0.3 is 0 Å². The highest BCUT2D eigenvalue weighted by molar-refractivity contribution is 6.06. The molecule has 1 saturated heterocycles. The predicted molar refractivity (Wildman–Crippen MR) is 87.8 cm³/mol. The molecule has 0 aliphatic carbocycles. The van der Waals surface area contributed by atoms with Crippen molar-refractivity contribution in [3.05, 3.63) is 71.0 Å². The van der Waals surface area contributed by atoms with Crippen molar-refractivity contribution in [3.8, 4) is 0 Å². The predicted octanol–water partition coefficient (Wildman–Crippen LogP) is 3.40. The van der Waals surface area contributed by atoms with Crippen LogP contribution in [-0.4, -0.2) is 28.7 Å². The van der Waals surface area contributed by atoms with Crippen molar-refractivity contribution in [1.82, 2.24) is 4.90 Å². The van der Waals surface area contributed by atoms with Gasteiger partial charge in [-0.2, -0.15) is 0 Å². The molecule has 0 radical (unpaired) electrons. The average molecular weight is 360 g/mol. The third-order valence-corrected chi connectivity index (χ3v) is 4.84. The summed E-state index contributed by atoms with van der Waals surface area (Å²) < 4.78 is 41.7. The van der Waals surface area contributed by atoms with Crippen LogP contribution in [0.2, 0.25) is 0 Å². The molecule has 0 aromatic heterocycles. The molecule has 2 aromatic carbocycles. The minimum Gasteiger partial charge on any atom is -0.378 e. The van der Waals surface area contributed by atoms with Crippen molar-refractivity contribution in [2.75, 3.05) is 6.54 Å². The van der Waals surface area contributed by atoms with Crippen LogP contribution in [0.3, 0.4) is 0 Å². The molecule has 1 amide bonds. The molecule has 134 valence electrons. The molecule has 4 nitrogen and oxygen atoms in total. The third-order valence-electron chi connectivity index (χ3n) is 4.84. The lowest BCUT2D eigenvalue weighted by Crippen LogP contribution is -2.40. The standard InChI is InChI=1S/C19H15F3N2O2/c20-14-5-2-1-4-12(14)17-10-19(26-23-17)8-9-24(18(19)25)11-13-15(21)6-3-7-16(13)22/h1-7H,8-11H2. The summed E-state index contributed by atoms with van der Waals surface area (Å²) in [6.45, 7) is 0.101. The topological polar surface area (TPSA) is 41.9 Å². The summed E-state index contributed by atoms with van der Waals surface area (Å²) in [5, 5.41) is 3.91. The zero-order chi connectivity index (χ0) is 18.3. The lowest BCUT2D eigenvalue weighted by Gasteiger charge is -2.21. The van der Waals surface area contributed by atoms with E-state index in [1.165, 1.54) is 17.0 Å². The van der Waals surface area contributed by atoms with E-state index in [1.807, 2.05) is 0 Å². The Kier molecular flexibility index (Phi) is 3.94. The highest BCUT2D eigenvalue weighted by Crippen LogP contribution is 2.37. The molecule has 1 fully saturated rings. The Hall–Kier alpha value is -2.83. The van der Waals surface area contributed by atoms with Crippen LogP contribution in [0.25, 0.3) is 0 Å². The van der Waals surface area contributed by atoms with Crippen LogP contribution in [-0.2, 0) is 16.2 Å². The van der Waals surface area contributed by atoms with Crippen LogP contribution in [0, 0.1) is 17.5 Å². The second-order valence-corrected chi connectivity index (χ2v) is 6.46. The van der Waals surface area contributed by atoms with E-state index in [9.17, 15) is 18.0 Å². The molecule has 0 N–H and O–H groups in total. The number of benzene rings is 2. The van der Waals surface area contributed by atoms with Gasteiger partial charge in [0.15, 0.2) is 0 Å². The number of halogens is 3. The number of nitrogens with zero attached hydrogens (tertiary/aromatic N) is 2. The van der Waals surface area contributed by atoms with E-state index >= 15 is 0 Å². The maximum atomic E-state index is 14.0. The first-order valence-electron chi connectivity index (χ1n) is 8.22. The molecule has 0 saturated carbocycles. The van der Waals surface area contributed by atoms with E-state index in [2.05, 4.69) is 5.16 Å². The lowest BCUT2D eigenvalue weighted by atomic mass is 9.92. The molecule has 2 heterocycles. The van der Waals surface area contributed by atoms with E-state index in [1.54, 1.807) is 18.2 Å². The van der Waals surface area contributed by atoms with Crippen LogP contribution >= 0.6 is 0 Å². The lowest BCUT2D eigenvalue weighted by molar-refractivity contribution is -0.147. The van der Waals surface area contributed by atoms with Crippen molar-refractivity contribution in [2.45, 2.75) is 25.0 Å². The van der Waals surface area contributed by atoms with Crippen LogP contribution in [0.4, 0.5) is 13.2 Å². The highest BCUT2D eigenvalue weighted by Gasteiger charge is 2.53. The van der Waals surface area contributed by atoms with Crippen LogP contribution in [0.1, 0.15) is 24.0 Å². The van der Waals surface area contributed by atoms with Crippen molar-refractivity contribution < 1.29 is 22.8 Å². The summed E-state index contributed by atoms with van der Waals surface area (Å²) >= 11 is 0. The number of carbonyl (C=O) groups excluding carboxylic acids is 1. The fourth-order valence-corrected chi connectivity index (χ4v) is 3.40. The molecule has 2 aliphatic rings. The Labute approximate surface area is 147 Å². The Morgan fingerprint density at radius 3 is 2.46 bits per heavy atom. The van der Waals surface area contributed by atoms with Gasteiger partial charge < -0.3 is 9.74 Å². The minimum atomic E-state index is -1.22. The average Bonchev–Trinajstić information content (AvgIpc) is 3.18. The normalized spacial score (nSPS) is 22.0. The fraction of sp³-hybridized carbons (Fsp3) is 0.263. The molecule has 2 aromatic rings. The van der Waals surface area contributed by atoms with Gasteiger partial charge in [-0.3, -0.25) is 4.79 Å². The molecule has 2 aliphatic heterocycles. The second kappa shape index (κ2) is 6.16. The maximum absolute atomic E-state index is 14.0. The number of amides is 1. The zero-order valence-electron chi connectivity index (χ0n) is 13.7. The quantitative estimate of drug-likeness (QED) is 0.842. The zero-order valence-corrected chi connectivity index (χ0v) is 13.7. The largest absolute Gasteiger partial charge is 0.378 e. The molecule has 1 atom stereocenters. The van der Waals surface area contributed by atoms with Gasteiger partial charge in [0.25, 0.3) is 5.91 Å². The molecule has 1 unspecified atom stereocenters. The monoisotopic (exact) mass is 360 g/mol. The number of likely N-dealkylation sites (tertiary alicyclic amines) is 1. The summed E-state index contributed by atoms with van der Waals surface area (Å²) in [4.78, 5) is 19.6. The molecular formula is C19H15F3N2O2. The van der Waals surface area contributed by atoms with Gasteiger partial charge in [0.05, 0.1) is 12.3 Å². The third kappa shape index (κ3) is 2.64. The molecule has 26 heavy (non-hydrogen) atoms. The Balaban J connectivity index is 1.53. The first kappa shape index (κ1) is 16.6. The molecular weight excluding hydrogens is 345 g/mol. The summed E-state index contributed by atoms with van der Waals surface area (Å²) in [7, 11) is 0. The number of carbonyl (C=O) groups is 1. The Morgan fingerprint density at radius 1 is 1.04 bits per heavy atom. The van der Waals surface area contributed by atoms with Crippen molar-refractivity contribution in [3.63, 3.8) is 0 Å². The van der Waals surface area contributed by atoms with Gasteiger partial charge in [-0.25, -0.2) is 13.2 Å². The molecule has 0 bridgehead atoms. The van der Waals surface area contributed by atoms with Gasteiger partial charge in [-0.05, 0) is 18.2 Å². The fourth-order valence-electron chi connectivity index (χ4n) is 3.40. The first-order chi connectivity index (χ1) is 12.5. The van der Waals surface area contributed by atoms with Gasteiger partial charge in [-0.15, -0.1) is 0 Å². The smallest absolute Gasteiger partial charge is 0.270 e. The second-order valence-electron chi connectivity index (χ2n) is 6.46. The van der Waals surface area contributed by atoms with Gasteiger partial charge in [-0.1, -0.05) is 29.4 Å². The Morgan fingerprint density at radius 2 is 1.73 bits per heavy atom. The van der Waals surface area contributed by atoms with Gasteiger partial charge in [0.2, 0.25) is 5.60 Å². The summed E-state index contributed by atoms with van der Waals surface area (Å²) in [5.41, 5.74) is -0.739. The molecule has 7 heteroatoms. The van der Waals surface area contributed by atoms with E-state index < -0.39 is 29.0 Å². The number of hydrogen-bond acceptors (Lipinski definition) is 3. The molecule has 4 rings (SSSR count).